The largest absolute Gasteiger partial charge is 0.372 e. The Morgan fingerprint density at radius 2 is 1.62 bits per heavy atom. The van der Waals surface area contributed by atoms with E-state index in [1.54, 1.807) is 22.9 Å². The van der Waals surface area contributed by atoms with Crippen LogP contribution in [0, 0.1) is 0 Å². The molecule has 3 aromatic rings. The van der Waals surface area contributed by atoms with E-state index in [1.165, 1.54) is 24.9 Å². The minimum absolute atomic E-state index is 0.137. The zero-order valence-electron chi connectivity index (χ0n) is 17.8. The first-order chi connectivity index (χ1) is 15.8. The Bertz CT molecular complexity index is 1290. The van der Waals surface area contributed by atoms with Crippen LogP contribution < -0.4 is 15.8 Å². The highest BCUT2D eigenvalue weighted by Gasteiger charge is 2.12. The molecule has 1 N–H and O–H groups in total. The maximum Gasteiger partial charge on any atom is 0.256 e. The number of aromatic nitrogens is 3. The molecule has 0 radical (unpaired) electrons. The van der Waals surface area contributed by atoms with Crippen molar-refractivity contribution in [3.8, 4) is 0 Å². The van der Waals surface area contributed by atoms with Crippen molar-refractivity contribution in [2.45, 2.75) is 19.3 Å². The summed E-state index contributed by atoms with van der Waals surface area (Å²) in [5, 5.41) is 4.08. The van der Waals surface area contributed by atoms with E-state index in [9.17, 15) is 4.79 Å². The number of piperidine rings is 1. The Balaban J connectivity index is 1.46. The van der Waals surface area contributed by atoms with Crippen molar-refractivity contribution < 1.29 is 0 Å². The molecule has 1 fully saturated rings. The molecule has 0 unspecified atom stereocenters. The number of nitrogens with one attached hydrogen (secondary N) is 1. The Labute approximate surface area is 186 Å². The van der Waals surface area contributed by atoms with Crippen LogP contribution in [0.15, 0.2) is 89.9 Å². The first-order valence-corrected chi connectivity index (χ1v) is 11.0. The second-order valence-electron chi connectivity index (χ2n) is 7.92. The number of allylic oxidation sites excluding steroid dienone is 8. The van der Waals surface area contributed by atoms with Crippen LogP contribution in [0.2, 0.25) is 0 Å². The number of benzene rings is 1. The maximum atomic E-state index is 12.7. The molecule has 5 rings (SSSR count). The zero-order chi connectivity index (χ0) is 21.8. The molecular weight excluding hydrogens is 398 g/mol. The molecule has 1 aromatic carbocycles. The van der Waals surface area contributed by atoms with Gasteiger partial charge in [0.2, 0.25) is 5.95 Å². The molecule has 0 amide bonds. The number of hydrogen-bond acceptors (Lipinski definition) is 5. The molecule has 0 atom stereocenters. The Morgan fingerprint density at radius 1 is 0.844 bits per heavy atom. The Hall–Kier alpha value is -3.93. The van der Waals surface area contributed by atoms with E-state index >= 15 is 0 Å². The fraction of sp³-hybridized carbons (Fsp3) is 0.192. The van der Waals surface area contributed by atoms with Crippen LogP contribution in [0.5, 0.6) is 0 Å². The van der Waals surface area contributed by atoms with Gasteiger partial charge in [0.1, 0.15) is 0 Å². The standard InChI is InChI=1S/C26H25N5O/c32-24-16-11-20-19-27-26(29-25(20)31(24)23-9-5-2-1-3-6-10-23)28-21-12-14-22(15-13-21)30-17-7-4-8-18-30/h1-3,5-6,9-16,19H,4,7-8,17-18H2,(H,27,28,29). The number of hydrogen-bond donors (Lipinski definition) is 1. The van der Waals surface area contributed by atoms with E-state index in [-0.39, 0.29) is 5.56 Å². The summed E-state index contributed by atoms with van der Waals surface area (Å²) in [5.41, 5.74) is 3.33. The fourth-order valence-electron chi connectivity index (χ4n) is 4.07. The van der Waals surface area contributed by atoms with Crippen molar-refractivity contribution in [1.29, 1.82) is 0 Å². The lowest BCUT2D eigenvalue weighted by atomic mass is 10.1. The minimum Gasteiger partial charge on any atom is -0.372 e. The van der Waals surface area contributed by atoms with Crippen molar-refractivity contribution in [1.82, 2.24) is 14.5 Å². The minimum atomic E-state index is -0.137. The number of pyridine rings is 1. The van der Waals surface area contributed by atoms with E-state index in [0.29, 0.717) is 11.6 Å². The van der Waals surface area contributed by atoms with Gasteiger partial charge in [-0.3, -0.25) is 9.36 Å². The summed E-state index contributed by atoms with van der Waals surface area (Å²) in [6, 6.07) is 11.7. The van der Waals surface area contributed by atoms with Gasteiger partial charge >= 0.3 is 0 Å². The molecular formula is C26H25N5O. The van der Waals surface area contributed by atoms with E-state index < -0.39 is 0 Å². The monoisotopic (exact) mass is 423 g/mol. The van der Waals surface area contributed by atoms with Crippen LogP contribution in [-0.2, 0) is 0 Å². The van der Waals surface area contributed by atoms with E-state index in [2.05, 4.69) is 32.3 Å². The van der Waals surface area contributed by atoms with Crippen molar-refractivity contribution in [2.24, 2.45) is 0 Å². The van der Waals surface area contributed by atoms with Gasteiger partial charge in [0.15, 0.2) is 5.65 Å². The highest BCUT2D eigenvalue weighted by molar-refractivity contribution is 5.81. The number of anilines is 3. The fourth-order valence-corrected chi connectivity index (χ4v) is 4.07. The third kappa shape index (κ3) is 4.25. The summed E-state index contributed by atoms with van der Waals surface area (Å²) >= 11 is 0. The Morgan fingerprint density at radius 3 is 2.47 bits per heavy atom. The van der Waals surface area contributed by atoms with Gasteiger partial charge in [0.05, 0.1) is 5.70 Å². The van der Waals surface area contributed by atoms with Crippen molar-refractivity contribution in [3.05, 3.63) is 95.5 Å². The highest BCUT2D eigenvalue weighted by Crippen LogP contribution is 2.24. The average Bonchev–Trinajstić information content (AvgIpc) is 2.81. The lowest BCUT2D eigenvalue weighted by molar-refractivity contribution is 0.578. The van der Waals surface area contributed by atoms with Gasteiger partial charge in [-0.15, -0.1) is 0 Å². The molecule has 2 aromatic heterocycles. The predicted octanol–water partition coefficient (Wildman–Crippen LogP) is 5.05. The smallest absolute Gasteiger partial charge is 0.256 e. The van der Waals surface area contributed by atoms with E-state index in [1.807, 2.05) is 54.7 Å². The van der Waals surface area contributed by atoms with Crippen LogP contribution in [0.1, 0.15) is 19.3 Å². The maximum absolute atomic E-state index is 12.7. The number of nitrogens with zero attached hydrogens (tertiary/aromatic N) is 4. The predicted molar refractivity (Wildman–Crippen MR) is 131 cm³/mol. The lowest BCUT2D eigenvalue weighted by Gasteiger charge is -2.28. The first kappa shape index (κ1) is 20.0. The zero-order valence-corrected chi connectivity index (χ0v) is 17.8. The molecule has 6 nitrogen and oxygen atoms in total. The summed E-state index contributed by atoms with van der Waals surface area (Å²) in [6.45, 7) is 2.24. The van der Waals surface area contributed by atoms with Gasteiger partial charge < -0.3 is 10.2 Å². The van der Waals surface area contributed by atoms with Crippen LogP contribution in [0.4, 0.5) is 17.3 Å². The molecule has 32 heavy (non-hydrogen) atoms. The molecule has 0 bridgehead atoms. The molecule has 160 valence electrons. The SMILES string of the molecule is O=c1ccc2cnc(Nc3ccc(N4CCCCC4)cc3)nc2n1C1=CC=CC=CC=C1. The molecule has 6 heteroatoms. The van der Waals surface area contributed by atoms with E-state index in [4.69, 9.17) is 0 Å². The molecule has 1 aliphatic carbocycles. The Kier molecular flexibility index (Phi) is 5.66. The van der Waals surface area contributed by atoms with Gasteiger partial charge in [-0.2, -0.15) is 4.98 Å². The average molecular weight is 424 g/mol. The van der Waals surface area contributed by atoms with Gasteiger partial charge in [-0.25, -0.2) is 4.98 Å². The number of fused-ring (bicyclic) bond motifs is 1. The summed E-state index contributed by atoms with van der Waals surface area (Å²) in [4.78, 5) is 24.3. The summed E-state index contributed by atoms with van der Waals surface area (Å²) in [7, 11) is 0. The van der Waals surface area contributed by atoms with Crippen molar-refractivity contribution in [2.75, 3.05) is 23.3 Å². The van der Waals surface area contributed by atoms with Gasteiger partial charge in [0, 0.05) is 42.1 Å². The topological polar surface area (TPSA) is 63.1 Å². The van der Waals surface area contributed by atoms with Crippen molar-refractivity contribution >= 4 is 34.1 Å². The van der Waals surface area contributed by atoms with E-state index in [0.717, 1.165) is 29.9 Å². The molecule has 1 aliphatic heterocycles. The second kappa shape index (κ2) is 9.06. The second-order valence-corrected chi connectivity index (χ2v) is 7.92. The highest BCUT2D eigenvalue weighted by atomic mass is 16.1. The summed E-state index contributed by atoms with van der Waals surface area (Å²) < 4.78 is 1.61. The van der Waals surface area contributed by atoms with Crippen LogP contribution in [0.25, 0.3) is 16.7 Å². The molecule has 0 spiro atoms. The molecule has 1 saturated heterocycles. The van der Waals surface area contributed by atoms with Crippen LogP contribution in [-0.4, -0.2) is 27.6 Å². The third-order valence-electron chi connectivity index (χ3n) is 5.71. The molecule has 2 aliphatic rings. The third-order valence-corrected chi connectivity index (χ3v) is 5.71. The van der Waals surface area contributed by atoms with Crippen molar-refractivity contribution in [3.63, 3.8) is 0 Å². The molecule has 0 saturated carbocycles. The normalized spacial score (nSPS) is 16.0. The lowest BCUT2D eigenvalue weighted by Crippen LogP contribution is -2.29. The molecule has 3 heterocycles. The van der Waals surface area contributed by atoms with Gasteiger partial charge in [-0.05, 0) is 61.7 Å². The summed E-state index contributed by atoms with van der Waals surface area (Å²) in [6.07, 6.45) is 19.0. The van der Waals surface area contributed by atoms with Crippen LogP contribution in [0.3, 0.4) is 0 Å². The van der Waals surface area contributed by atoms with Crippen LogP contribution >= 0.6 is 0 Å². The van der Waals surface area contributed by atoms with Gasteiger partial charge in [0.25, 0.3) is 5.56 Å². The summed E-state index contributed by atoms with van der Waals surface area (Å²) in [5.74, 6) is 0.452. The van der Waals surface area contributed by atoms with Gasteiger partial charge in [-0.1, -0.05) is 30.4 Å². The quantitative estimate of drug-likeness (QED) is 0.636. The first-order valence-electron chi connectivity index (χ1n) is 11.0. The number of rotatable bonds is 4.